The van der Waals surface area contributed by atoms with Gasteiger partial charge in [-0.15, -0.1) is 0 Å². The number of ether oxygens (including phenoxy) is 1. The first kappa shape index (κ1) is 9.39. The van der Waals surface area contributed by atoms with Gasteiger partial charge in [0, 0.05) is 0 Å². The summed E-state index contributed by atoms with van der Waals surface area (Å²) >= 11 is 3.34. The molecule has 0 aliphatic heterocycles. The van der Waals surface area contributed by atoms with E-state index in [4.69, 9.17) is 4.74 Å². The number of phenolic OH excluding ortho intramolecular Hbond substituents is 1. The Bertz CT molecular complexity index is 282. The van der Waals surface area contributed by atoms with Crippen LogP contribution in [0.5, 0.6) is 11.5 Å². The predicted octanol–water partition coefficient (Wildman–Crippen LogP) is 2.78. The Morgan fingerprint density at radius 1 is 1.33 bits per heavy atom. The van der Waals surface area contributed by atoms with Crippen LogP contribution in [0.3, 0.4) is 0 Å². The van der Waals surface area contributed by atoms with Crippen LogP contribution in [-0.2, 0) is 0 Å². The molecule has 12 heavy (non-hydrogen) atoms. The number of methoxy groups -OCH3 is 1. The predicted molar refractivity (Wildman–Crippen MR) is 51.8 cm³/mol. The van der Waals surface area contributed by atoms with Crippen molar-refractivity contribution >= 4 is 15.9 Å². The first-order valence-corrected chi connectivity index (χ1v) is 4.40. The van der Waals surface area contributed by atoms with Crippen molar-refractivity contribution < 1.29 is 9.84 Å². The number of benzene rings is 1. The first-order valence-electron chi connectivity index (χ1n) is 3.60. The lowest BCUT2D eigenvalue weighted by Gasteiger charge is -2.10. The molecule has 1 rings (SSSR count). The van der Waals surface area contributed by atoms with E-state index in [0.717, 1.165) is 15.6 Å². The van der Waals surface area contributed by atoms with Gasteiger partial charge in [-0.3, -0.25) is 0 Å². The SMILES string of the molecule is COc1c(O)c(C)cc(C)c1Br. The highest BCUT2D eigenvalue weighted by Crippen LogP contribution is 2.38. The number of hydrogen-bond acceptors (Lipinski definition) is 2. The molecular formula is C9H11BrO2. The fourth-order valence-corrected chi connectivity index (χ4v) is 1.57. The summed E-state index contributed by atoms with van der Waals surface area (Å²) in [6.07, 6.45) is 0. The summed E-state index contributed by atoms with van der Waals surface area (Å²) in [6, 6.07) is 1.90. The first-order chi connectivity index (χ1) is 5.57. The summed E-state index contributed by atoms with van der Waals surface area (Å²) in [5, 5.41) is 9.55. The van der Waals surface area contributed by atoms with Gasteiger partial charge < -0.3 is 9.84 Å². The Morgan fingerprint density at radius 2 is 1.92 bits per heavy atom. The Kier molecular flexibility index (Phi) is 2.62. The lowest BCUT2D eigenvalue weighted by atomic mass is 10.1. The van der Waals surface area contributed by atoms with E-state index < -0.39 is 0 Å². The number of hydrogen-bond donors (Lipinski definition) is 1. The maximum atomic E-state index is 9.55. The van der Waals surface area contributed by atoms with Crippen molar-refractivity contribution in [1.82, 2.24) is 0 Å². The average molecular weight is 231 g/mol. The van der Waals surface area contributed by atoms with E-state index in [1.165, 1.54) is 0 Å². The molecule has 0 radical (unpaired) electrons. The van der Waals surface area contributed by atoms with Crippen molar-refractivity contribution in [2.24, 2.45) is 0 Å². The van der Waals surface area contributed by atoms with E-state index in [0.29, 0.717) is 5.75 Å². The molecule has 0 atom stereocenters. The molecule has 0 aromatic heterocycles. The number of rotatable bonds is 1. The topological polar surface area (TPSA) is 29.5 Å². The fourth-order valence-electron chi connectivity index (χ4n) is 1.10. The van der Waals surface area contributed by atoms with E-state index in [9.17, 15) is 5.11 Å². The molecule has 66 valence electrons. The van der Waals surface area contributed by atoms with Gasteiger partial charge in [-0.2, -0.15) is 0 Å². The minimum atomic E-state index is 0.204. The normalized spacial score (nSPS) is 10.0. The van der Waals surface area contributed by atoms with Crippen LogP contribution >= 0.6 is 15.9 Å². The highest BCUT2D eigenvalue weighted by Gasteiger charge is 2.11. The lowest BCUT2D eigenvalue weighted by molar-refractivity contribution is 0.369. The summed E-state index contributed by atoms with van der Waals surface area (Å²) in [5.74, 6) is 0.711. The van der Waals surface area contributed by atoms with Crippen molar-refractivity contribution in [2.75, 3.05) is 7.11 Å². The minimum Gasteiger partial charge on any atom is -0.504 e. The zero-order valence-corrected chi connectivity index (χ0v) is 8.90. The molecule has 0 unspecified atom stereocenters. The lowest BCUT2D eigenvalue weighted by Crippen LogP contribution is -1.90. The molecule has 0 spiro atoms. The second kappa shape index (κ2) is 3.35. The summed E-state index contributed by atoms with van der Waals surface area (Å²) in [4.78, 5) is 0. The van der Waals surface area contributed by atoms with Crippen molar-refractivity contribution in [3.05, 3.63) is 21.7 Å². The van der Waals surface area contributed by atoms with Gasteiger partial charge >= 0.3 is 0 Å². The van der Waals surface area contributed by atoms with Crippen molar-refractivity contribution in [3.63, 3.8) is 0 Å². The third-order valence-corrected chi connectivity index (χ3v) is 2.76. The van der Waals surface area contributed by atoms with Crippen molar-refractivity contribution in [1.29, 1.82) is 0 Å². The van der Waals surface area contributed by atoms with Crippen LogP contribution < -0.4 is 4.74 Å². The Balaban J connectivity index is 3.42. The highest BCUT2D eigenvalue weighted by atomic mass is 79.9. The Labute approximate surface area is 80.3 Å². The Hall–Kier alpha value is -0.700. The molecule has 0 aliphatic carbocycles. The van der Waals surface area contributed by atoms with Gasteiger partial charge in [0.1, 0.15) is 0 Å². The number of aryl methyl sites for hydroxylation is 2. The van der Waals surface area contributed by atoms with Gasteiger partial charge in [-0.05, 0) is 40.9 Å². The molecule has 3 heteroatoms. The molecule has 1 aromatic rings. The van der Waals surface area contributed by atoms with Gasteiger partial charge in [0.25, 0.3) is 0 Å². The van der Waals surface area contributed by atoms with Crippen LogP contribution in [-0.4, -0.2) is 12.2 Å². The maximum absolute atomic E-state index is 9.55. The molecule has 0 saturated carbocycles. The van der Waals surface area contributed by atoms with Gasteiger partial charge in [0.15, 0.2) is 11.5 Å². The van der Waals surface area contributed by atoms with E-state index in [2.05, 4.69) is 15.9 Å². The fraction of sp³-hybridized carbons (Fsp3) is 0.333. The van der Waals surface area contributed by atoms with E-state index in [-0.39, 0.29) is 5.75 Å². The van der Waals surface area contributed by atoms with Gasteiger partial charge in [-0.25, -0.2) is 0 Å². The molecule has 1 N–H and O–H groups in total. The van der Waals surface area contributed by atoms with Crippen LogP contribution in [0.4, 0.5) is 0 Å². The van der Waals surface area contributed by atoms with E-state index in [1.54, 1.807) is 7.11 Å². The average Bonchev–Trinajstić information content (AvgIpc) is 2.02. The maximum Gasteiger partial charge on any atom is 0.175 e. The Morgan fingerprint density at radius 3 is 2.42 bits per heavy atom. The number of halogens is 1. The third-order valence-electron chi connectivity index (χ3n) is 1.77. The van der Waals surface area contributed by atoms with Crippen molar-refractivity contribution in [2.45, 2.75) is 13.8 Å². The molecule has 0 saturated heterocycles. The van der Waals surface area contributed by atoms with E-state index in [1.807, 2.05) is 19.9 Å². The van der Waals surface area contributed by atoms with Crippen LogP contribution in [0.1, 0.15) is 11.1 Å². The van der Waals surface area contributed by atoms with Gasteiger partial charge in [-0.1, -0.05) is 6.07 Å². The molecule has 0 heterocycles. The summed E-state index contributed by atoms with van der Waals surface area (Å²) in [7, 11) is 1.54. The third kappa shape index (κ3) is 1.41. The molecule has 0 bridgehead atoms. The molecule has 0 aliphatic rings. The number of aromatic hydroxyl groups is 1. The second-order valence-corrected chi connectivity index (χ2v) is 3.50. The summed E-state index contributed by atoms with van der Waals surface area (Å²) in [5.41, 5.74) is 1.88. The van der Waals surface area contributed by atoms with Crippen LogP contribution in [0, 0.1) is 13.8 Å². The summed E-state index contributed by atoms with van der Waals surface area (Å²) < 4.78 is 5.85. The largest absolute Gasteiger partial charge is 0.504 e. The van der Waals surface area contributed by atoms with Crippen LogP contribution in [0.15, 0.2) is 10.5 Å². The molecule has 1 aromatic carbocycles. The monoisotopic (exact) mass is 230 g/mol. The molecule has 0 fully saturated rings. The smallest absolute Gasteiger partial charge is 0.175 e. The minimum absolute atomic E-state index is 0.204. The number of phenols is 1. The van der Waals surface area contributed by atoms with Crippen LogP contribution in [0.2, 0.25) is 0 Å². The zero-order valence-electron chi connectivity index (χ0n) is 7.31. The van der Waals surface area contributed by atoms with Crippen LogP contribution in [0.25, 0.3) is 0 Å². The standard InChI is InChI=1S/C9H11BrO2/c1-5-4-6(2)8(11)9(12-3)7(5)10/h4,11H,1-3H3. The second-order valence-electron chi connectivity index (χ2n) is 2.71. The quantitative estimate of drug-likeness (QED) is 0.805. The molecule has 0 amide bonds. The van der Waals surface area contributed by atoms with Gasteiger partial charge in [0.05, 0.1) is 11.6 Å². The highest BCUT2D eigenvalue weighted by molar-refractivity contribution is 9.10. The van der Waals surface area contributed by atoms with Crippen molar-refractivity contribution in [3.8, 4) is 11.5 Å². The molecular weight excluding hydrogens is 220 g/mol. The zero-order chi connectivity index (χ0) is 9.30. The summed E-state index contributed by atoms with van der Waals surface area (Å²) in [6.45, 7) is 3.80. The molecule has 2 nitrogen and oxygen atoms in total. The van der Waals surface area contributed by atoms with Gasteiger partial charge in [0.2, 0.25) is 0 Å². The van der Waals surface area contributed by atoms with E-state index >= 15 is 0 Å².